The first-order chi connectivity index (χ1) is 14.4. The smallest absolute Gasteiger partial charge is 0.248 e. The van der Waals surface area contributed by atoms with E-state index in [0.717, 1.165) is 38.0 Å². The minimum atomic E-state index is -0.763. The molecule has 1 fully saturated rings. The summed E-state index contributed by atoms with van der Waals surface area (Å²) < 4.78 is 13.6. The van der Waals surface area contributed by atoms with Gasteiger partial charge in [0.05, 0.1) is 17.3 Å². The molecule has 2 aliphatic heterocycles. The van der Waals surface area contributed by atoms with Crippen molar-refractivity contribution in [1.82, 2.24) is 0 Å². The van der Waals surface area contributed by atoms with E-state index in [1.165, 1.54) is 18.2 Å². The second kappa shape index (κ2) is 8.14. The van der Waals surface area contributed by atoms with Gasteiger partial charge in [0.25, 0.3) is 0 Å². The molecule has 4 N–H and O–H groups in total. The lowest BCUT2D eigenvalue weighted by Crippen LogP contribution is -2.33. The largest absolute Gasteiger partial charge is 0.370 e. The lowest BCUT2D eigenvalue weighted by molar-refractivity contribution is -0.123. The van der Waals surface area contributed by atoms with Gasteiger partial charge in [-0.2, -0.15) is 0 Å². The Morgan fingerprint density at radius 1 is 1.10 bits per heavy atom. The number of fused-ring (bicyclic) bond motifs is 1. The number of halogens is 1. The fraction of sp³-hybridized carbons (Fsp3) is 0.318. The summed E-state index contributed by atoms with van der Waals surface area (Å²) in [6.07, 6.45) is 3.21. The van der Waals surface area contributed by atoms with Crippen LogP contribution < -0.4 is 21.3 Å². The normalized spacial score (nSPS) is 18.4. The molecule has 2 aromatic rings. The average Bonchev–Trinajstić information content (AvgIpc) is 2.73. The highest BCUT2D eigenvalue weighted by Crippen LogP contribution is 2.35. The number of primary amides is 1. The van der Waals surface area contributed by atoms with E-state index < -0.39 is 23.5 Å². The maximum Gasteiger partial charge on any atom is 0.248 e. The fourth-order valence-electron chi connectivity index (χ4n) is 4.09. The van der Waals surface area contributed by atoms with Crippen molar-refractivity contribution in [3.8, 4) is 0 Å². The van der Waals surface area contributed by atoms with Crippen LogP contribution >= 0.6 is 0 Å². The van der Waals surface area contributed by atoms with Crippen LogP contribution in [0.2, 0.25) is 0 Å². The molecule has 3 amide bonds. The van der Waals surface area contributed by atoms with E-state index in [0.29, 0.717) is 16.9 Å². The van der Waals surface area contributed by atoms with Crippen molar-refractivity contribution in [3.63, 3.8) is 0 Å². The van der Waals surface area contributed by atoms with Crippen LogP contribution in [0.25, 0.3) is 0 Å². The Balaban J connectivity index is 1.66. The number of nitrogens with two attached hydrogens (primary N) is 1. The molecular formula is C22H23FN4O3. The van der Waals surface area contributed by atoms with Crippen LogP contribution in [-0.4, -0.2) is 30.8 Å². The van der Waals surface area contributed by atoms with Gasteiger partial charge in [-0.15, -0.1) is 0 Å². The zero-order valence-electron chi connectivity index (χ0n) is 16.4. The number of hydrogen-bond donors (Lipinski definition) is 3. The van der Waals surface area contributed by atoms with E-state index in [2.05, 4.69) is 15.5 Å². The molecular weight excluding hydrogens is 387 g/mol. The molecule has 0 aromatic heterocycles. The van der Waals surface area contributed by atoms with Gasteiger partial charge in [0.15, 0.2) is 0 Å². The van der Waals surface area contributed by atoms with Gasteiger partial charge in [0, 0.05) is 30.8 Å². The highest BCUT2D eigenvalue weighted by molar-refractivity contribution is 6.07. The standard InChI is InChI=1S/C22H23FN4O3/c23-14-5-6-15-16(12-20(28)25-17(15)11-14)22(30)26-18-10-13(21(24)29)4-7-19(18)27-8-2-1-3-9-27/h4-7,10-11,16H,1-3,8-9,12H2,(H2,24,29)(H,25,28)(H,26,30). The van der Waals surface area contributed by atoms with Gasteiger partial charge in [0.2, 0.25) is 17.7 Å². The van der Waals surface area contributed by atoms with E-state index in [-0.39, 0.29) is 17.9 Å². The molecule has 2 heterocycles. The molecule has 0 aliphatic carbocycles. The summed E-state index contributed by atoms with van der Waals surface area (Å²) in [5, 5.41) is 5.49. The van der Waals surface area contributed by atoms with Gasteiger partial charge in [0.1, 0.15) is 5.82 Å². The number of nitrogens with one attached hydrogen (secondary N) is 2. The number of amides is 3. The molecule has 30 heavy (non-hydrogen) atoms. The third kappa shape index (κ3) is 3.98. The van der Waals surface area contributed by atoms with Crippen molar-refractivity contribution in [2.75, 3.05) is 28.6 Å². The summed E-state index contributed by atoms with van der Waals surface area (Å²) in [5.41, 5.74) is 7.86. The van der Waals surface area contributed by atoms with Gasteiger partial charge in [-0.1, -0.05) is 6.07 Å². The van der Waals surface area contributed by atoms with Crippen LogP contribution in [0.5, 0.6) is 0 Å². The highest BCUT2D eigenvalue weighted by Gasteiger charge is 2.31. The predicted molar refractivity (Wildman–Crippen MR) is 112 cm³/mol. The number of nitrogens with zero attached hydrogens (tertiary/aromatic N) is 1. The van der Waals surface area contributed by atoms with Crippen molar-refractivity contribution in [2.24, 2.45) is 5.73 Å². The van der Waals surface area contributed by atoms with Crippen LogP contribution in [0.15, 0.2) is 36.4 Å². The lowest BCUT2D eigenvalue weighted by Gasteiger charge is -2.31. The van der Waals surface area contributed by atoms with Crippen LogP contribution in [-0.2, 0) is 9.59 Å². The summed E-state index contributed by atoms with van der Waals surface area (Å²) in [6, 6.07) is 8.99. The van der Waals surface area contributed by atoms with Crippen molar-refractivity contribution in [1.29, 1.82) is 0 Å². The third-order valence-corrected chi connectivity index (χ3v) is 5.61. The molecule has 1 unspecified atom stereocenters. The number of rotatable bonds is 4. The summed E-state index contributed by atoms with van der Waals surface area (Å²) >= 11 is 0. The molecule has 156 valence electrons. The molecule has 0 bridgehead atoms. The maximum atomic E-state index is 13.6. The number of piperidine rings is 1. The Hall–Kier alpha value is -3.42. The first-order valence-electron chi connectivity index (χ1n) is 10.0. The predicted octanol–water partition coefficient (Wildman–Crippen LogP) is 2.98. The molecule has 7 nitrogen and oxygen atoms in total. The van der Waals surface area contributed by atoms with Gasteiger partial charge in [-0.05, 0) is 55.2 Å². The summed E-state index contributed by atoms with van der Waals surface area (Å²) in [7, 11) is 0. The van der Waals surface area contributed by atoms with Gasteiger partial charge in [-0.25, -0.2) is 4.39 Å². The molecule has 0 saturated carbocycles. The van der Waals surface area contributed by atoms with E-state index in [9.17, 15) is 18.8 Å². The Labute approximate surface area is 173 Å². The molecule has 2 aliphatic rings. The maximum absolute atomic E-state index is 13.6. The van der Waals surface area contributed by atoms with Crippen molar-refractivity contribution in [3.05, 3.63) is 53.3 Å². The van der Waals surface area contributed by atoms with E-state index in [1.54, 1.807) is 18.2 Å². The zero-order valence-corrected chi connectivity index (χ0v) is 16.4. The number of carbonyl (C=O) groups is 3. The van der Waals surface area contributed by atoms with Crippen LogP contribution in [0, 0.1) is 5.82 Å². The Morgan fingerprint density at radius 2 is 1.87 bits per heavy atom. The third-order valence-electron chi connectivity index (χ3n) is 5.61. The minimum Gasteiger partial charge on any atom is -0.370 e. The molecule has 1 atom stereocenters. The van der Waals surface area contributed by atoms with Crippen LogP contribution in [0.3, 0.4) is 0 Å². The van der Waals surface area contributed by atoms with Crippen LogP contribution in [0.4, 0.5) is 21.5 Å². The Bertz CT molecular complexity index is 1020. The first-order valence-corrected chi connectivity index (χ1v) is 10.0. The fourth-order valence-corrected chi connectivity index (χ4v) is 4.09. The van der Waals surface area contributed by atoms with Gasteiger partial charge >= 0.3 is 0 Å². The van der Waals surface area contributed by atoms with Crippen LogP contribution in [0.1, 0.15) is 47.5 Å². The SMILES string of the molecule is NC(=O)c1ccc(N2CCCCC2)c(NC(=O)C2CC(=O)Nc3cc(F)ccc32)c1. The Kier molecular flexibility index (Phi) is 5.39. The van der Waals surface area contributed by atoms with E-state index in [1.807, 2.05) is 0 Å². The molecule has 8 heteroatoms. The number of hydrogen-bond acceptors (Lipinski definition) is 4. The number of carbonyl (C=O) groups excluding carboxylic acids is 3. The summed E-state index contributed by atoms with van der Waals surface area (Å²) in [6.45, 7) is 1.71. The first kappa shape index (κ1) is 19.9. The quantitative estimate of drug-likeness (QED) is 0.721. The second-order valence-corrected chi connectivity index (χ2v) is 7.67. The molecule has 0 spiro atoms. The average molecular weight is 410 g/mol. The van der Waals surface area contributed by atoms with Crippen molar-refractivity contribution < 1.29 is 18.8 Å². The number of anilines is 3. The van der Waals surface area contributed by atoms with E-state index >= 15 is 0 Å². The lowest BCUT2D eigenvalue weighted by atomic mass is 9.89. The molecule has 1 saturated heterocycles. The molecule has 4 rings (SSSR count). The monoisotopic (exact) mass is 410 g/mol. The van der Waals surface area contributed by atoms with E-state index in [4.69, 9.17) is 5.73 Å². The van der Waals surface area contributed by atoms with Gasteiger partial charge < -0.3 is 21.3 Å². The van der Waals surface area contributed by atoms with Gasteiger partial charge in [-0.3, -0.25) is 14.4 Å². The Morgan fingerprint density at radius 3 is 2.60 bits per heavy atom. The minimum absolute atomic E-state index is 0.0426. The number of benzene rings is 2. The highest BCUT2D eigenvalue weighted by atomic mass is 19.1. The topological polar surface area (TPSA) is 105 Å². The summed E-state index contributed by atoms with van der Waals surface area (Å²) in [4.78, 5) is 39.1. The zero-order chi connectivity index (χ0) is 21.3. The summed E-state index contributed by atoms with van der Waals surface area (Å²) in [5.74, 6) is -2.58. The molecule has 2 aromatic carbocycles. The van der Waals surface area contributed by atoms with Crippen molar-refractivity contribution in [2.45, 2.75) is 31.6 Å². The van der Waals surface area contributed by atoms with Crippen molar-refractivity contribution >= 4 is 34.8 Å². The molecule has 0 radical (unpaired) electrons. The second-order valence-electron chi connectivity index (χ2n) is 7.67.